The van der Waals surface area contributed by atoms with Gasteiger partial charge in [0.15, 0.2) is 0 Å². The Balaban J connectivity index is 3.68. The molecule has 0 atom stereocenters. The molecule has 0 amide bonds. The summed E-state index contributed by atoms with van der Waals surface area (Å²) in [6.45, 7) is 0. The smallest absolute Gasteiger partial charge is 0.252 e. The second kappa shape index (κ2) is 1.97. The Labute approximate surface area is 37.8 Å². The molecule has 0 rings (SSSR count). The minimum Gasteiger partial charge on any atom is -0.252 e. The molecule has 0 bridgehead atoms. The maximum Gasteiger partial charge on any atom is 0.372 e. The van der Waals surface area contributed by atoms with Gasteiger partial charge in [0.1, 0.15) is 0 Å². The van der Waals surface area contributed by atoms with Crippen LogP contribution in [0.1, 0.15) is 0 Å². The van der Waals surface area contributed by atoms with Crippen molar-refractivity contribution in [3.05, 3.63) is 11.3 Å². The van der Waals surface area contributed by atoms with Crippen LogP contribution in [0.5, 0.6) is 0 Å². The van der Waals surface area contributed by atoms with Crippen LogP contribution in [0.25, 0.3) is 0 Å². The monoisotopic (exact) mass is 113 g/mol. The van der Waals surface area contributed by atoms with Gasteiger partial charge in [-0.1, -0.05) is 0 Å². The molecular weight excluding hydrogens is 113 g/mol. The van der Waals surface area contributed by atoms with Crippen LogP contribution in [0.2, 0.25) is 0 Å². The summed E-state index contributed by atoms with van der Waals surface area (Å²) in [7, 11) is 0. The molecule has 6 heavy (non-hydrogen) atoms. The van der Waals surface area contributed by atoms with Crippen molar-refractivity contribution in [3.8, 4) is 0 Å². The van der Waals surface area contributed by atoms with E-state index in [1.54, 1.807) is 0 Å². The van der Waals surface area contributed by atoms with Crippen LogP contribution < -0.4 is 0 Å². The molecule has 0 N–H and O–H groups in total. The molecule has 0 saturated heterocycles. The molecule has 0 aromatic carbocycles. The van der Waals surface area contributed by atoms with Crippen molar-refractivity contribution in [2.24, 2.45) is 0 Å². The van der Waals surface area contributed by atoms with Crippen LogP contribution in [0.15, 0.2) is 11.3 Å². The SMILES string of the molecule is [O]C(F)=C(F)Cl. The normalized spacial score (nSPS) is 13.8. The van der Waals surface area contributed by atoms with Crippen molar-refractivity contribution in [3.63, 3.8) is 0 Å². The van der Waals surface area contributed by atoms with Gasteiger partial charge in [0.25, 0.3) is 5.29 Å². The van der Waals surface area contributed by atoms with E-state index >= 15 is 0 Å². The highest BCUT2D eigenvalue weighted by atomic mass is 35.5. The summed E-state index contributed by atoms with van der Waals surface area (Å²) in [6, 6.07) is -2.23. The molecule has 0 unspecified atom stereocenters. The summed E-state index contributed by atoms with van der Waals surface area (Å²) in [5.74, 6) is 0. The topological polar surface area (TPSA) is 19.9 Å². The van der Waals surface area contributed by atoms with Gasteiger partial charge < -0.3 is 0 Å². The molecule has 1 nitrogen and oxygen atoms in total. The Hall–Kier alpha value is -0.310. The van der Waals surface area contributed by atoms with Gasteiger partial charge in [0, 0.05) is 0 Å². The molecule has 0 aromatic heterocycles. The number of hydrogen-bond acceptors (Lipinski definition) is 0. The molecule has 0 spiro atoms. The van der Waals surface area contributed by atoms with Crippen LogP contribution in [0, 0.1) is 0 Å². The van der Waals surface area contributed by atoms with Crippen molar-refractivity contribution >= 4 is 11.6 Å². The van der Waals surface area contributed by atoms with Gasteiger partial charge in [0.2, 0.25) is 0 Å². The van der Waals surface area contributed by atoms with Crippen LogP contribution in [0.4, 0.5) is 8.78 Å². The van der Waals surface area contributed by atoms with Gasteiger partial charge in [-0.15, -0.1) is 0 Å². The first-order valence-electron chi connectivity index (χ1n) is 1.02. The zero-order chi connectivity index (χ0) is 5.15. The van der Waals surface area contributed by atoms with E-state index in [9.17, 15) is 8.78 Å². The third kappa shape index (κ3) is 1.96. The second-order valence-electron chi connectivity index (χ2n) is 0.534. The molecule has 0 fully saturated rings. The predicted octanol–water partition coefficient (Wildman–Crippen LogP) is 1.72. The van der Waals surface area contributed by atoms with Crippen LogP contribution in [0.3, 0.4) is 0 Å². The summed E-state index contributed by atoms with van der Waals surface area (Å²) in [4.78, 5) is 0. The lowest BCUT2D eigenvalue weighted by Gasteiger charge is -1.69. The van der Waals surface area contributed by atoms with Gasteiger partial charge in [-0.25, -0.2) is 0 Å². The van der Waals surface area contributed by atoms with Crippen molar-refractivity contribution in [2.75, 3.05) is 0 Å². The summed E-state index contributed by atoms with van der Waals surface area (Å²) in [5, 5.41) is 7.11. The second-order valence-corrected chi connectivity index (χ2v) is 0.866. The number of halogens is 3. The van der Waals surface area contributed by atoms with E-state index in [2.05, 4.69) is 11.6 Å². The number of hydrogen-bond donors (Lipinski definition) is 0. The fraction of sp³-hybridized carbons (Fsp3) is 0. The van der Waals surface area contributed by atoms with Gasteiger partial charge in [-0.2, -0.15) is 8.78 Å². The van der Waals surface area contributed by atoms with E-state index in [0.717, 1.165) is 0 Å². The Morgan fingerprint density at radius 1 is 1.50 bits per heavy atom. The van der Waals surface area contributed by atoms with E-state index in [-0.39, 0.29) is 0 Å². The molecular formula is C2ClF2O. The van der Waals surface area contributed by atoms with E-state index in [1.165, 1.54) is 0 Å². The van der Waals surface area contributed by atoms with E-state index in [0.29, 0.717) is 0 Å². The fourth-order valence-corrected chi connectivity index (χ4v) is 0. The maximum atomic E-state index is 10.8. The van der Waals surface area contributed by atoms with Crippen molar-refractivity contribution in [2.45, 2.75) is 0 Å². The minimum atomic E-state index is -2.23. The third-order valence-corrected chi connectivity index (χ3v) is 0.297. The highest BCUT2D eigenvalue weighted by Crippen LogP contribution is 2.07. The van der Waals surface area contributed by atoms with E-state index < -0.39 is 11.3 Å². The molecule has 0 aliphatic heterocycles. The van der Waals surface area contributed by atoms with E-state index in [1.807, 2.05) is 0 Å². The molecule has 0 aliphatic carbocycles. The Kier molecular flexibility index (Phi) is 1.87. The maximum absolute atomic E-state index is 10.8. The molecule has 4 heteroatoms. The minimum absolute atomic E-state index is 1.82. The highest BCUT2D eigenvalue weighted by molar-refractivity contribution is 6.28. The lowest BCUT2D eigenvalue weighted by molar-refractivity contribution is 0.187. The van der Waals surface area contributed by atoms with Crippen molar-refractivity contribution in [1.29, 1.82) is 0 Å². The first-order chi connectivity index (χ1) is 2.64. The summed E-state index contributed by atoms with van der Waals surface area (Å²) in [6.07, 6.45) is 0. The molecule has 0 aliphatic rings. The zero-order valence-electron chi connectivity index (χ0n) is 2.54. The highest BCUT2D eigenvalue weighted by Gasteiger charge is 1.97. The predicted molar refractivity (Wildman–Crippen MR) is 15.8 cm³/mol. The van der Waals surface area contributed by atoms with Gasteiger partial charge >= 0.3 is 6.01 Å². The summed E-state index contributed by atoms with van der Waals surface area (Å²) < 4.78 is 21.4. The summed E-state index contributed by atoms with van der Waals surface area (Å²) >= 11 is 4.14. The van der Waals surface area contributed by atoms with Gasteiger partial charge in [0.05, 0.1) is 0 Å². The van der Waals surface area contributed by atoms with Crippen LogP contribution in [-0.2, 0) is 5.11 Å². The van der Waals surface area contributed by atoms with E-state index in [4.69, 9.17) is 5.11 Å². The number of rotatable bonds is 0. The first kappa shape index (κ1) is 5.69. The lowest BCUT2D eigenvalue weighted by atomic mass is 11.1. The van der Waals surface area contributed by atoms with Crippen LogP contribution in [-0.4, -0.2) is 0 Å². The molecule has 1 radical (unpaired) electrons. The third-order valence-electron chi connectivity index (χ3n) is 0.149. The zero-order valence-corrected chi connectivity index (χ0v) is 3.30. The Morgan fingerprint density at radius 3 is 1.67 bits per heavy atom. The van der Waals surface area contributed by atoms with Gasteiger partial charge in [-0.3, -0.25) is 5.11 Å². The summed E-state index contributed by atoms with van der Waals surface area (Å²) in [5.41, 5.74) is 0. The molecule has 0 aromatic rings. The largest absolute Gasteiger partial charge is 0.372 e. The molecule has 35 valence electrons. The molecule has 0 saturated carbocycles. The Morgan fingerprint density at radius 2 is 1.67 bits per heavy atom. The first-order valence-corrected chi connectivity index (χ1v) is 1.40. The standard InChI is InChI=1S/C2ClF2O/c3-1(4)2(5)6. The average Bonchev–Trinajstić information content (AvgIpc) is 1.36. The Bertz CT molecular complexity index is 61.6. The molecule has 0 heterocycles. The van der Waals surface area contributed by atoms with Gasteiger partial charge in [-0.05, 0) is 11.6 Å². The van der Waals surface area contributed by atoms with Crippen LogP contribution >= 0.6 is 11.6 Å². The van der Waals surface area contributed by atoms with Crippen molar-refractivity contribution < 1.29 is 13.9 Å². The van der Waals surface area contributed by atoms with Crippen molar-refractivity contribution in [1.82, 2.24) is 0 Å². The lowest BCUT2D eigenvalue weighted by Crippen LogP contribution is -1.61. The fourth-order valence-electron chi connectivity index (χ4n) is 0. The average molecular weight is 113 g/mol. The quantitative estimate of drug-likeness (QED) is 0.426.